The van der Waals surface area contributed by atoms with Gasteiger partial charge in [-0.2, -0.15) is 0 Å². The number of carbonyl (C=O) groups is 2. The minimum absolute atomic E-state index is 0.0104. The summed E-state index contributed by atoms with van der Waals surface area (Å²) < 4.78 is 11.6. The van der Waals surface area contributed by atoms with Gasteiger partial charge in [-0.15, -0.1) is 0 Å². The summed E-state index contributed by atoms with van der Waals surface area (Å²) in [5.74, 6) is 0.0198. The topological polar surface area (TPSA) is 71.1 Å². The van der Waals surface area contributed by atoms with Crippen LogP contribution in [0.4, 0.5) is 0 Å². The maximum atomic E-state index is 12.7. The molecule has 0 spiro atoms. The molecule has 0 aromatic heterocycles. The molecule has 0 saturated carbocycles. The fourth-order valence-corrected chi connectivity index (χ4v) is 7.60. The van der Waals surface area contributed by atoms with Crippen molar-refractivity contribution in [3.63, 3.8) is 0 Å². The maximum absolute atomic E-state index is 12.7. The number of carbonyl (C=O) groups excluding carboxylic acids is 2. The number of esters is 2. The van der Waals surface area contributed by atoms with Crippen LogP contribution in [-0.4, -0.2) is 86.8 Å². The number of nitrogens with one attached hydrogen (secondary N) is 1. The van der Waals surface area contributed by atoms with Crippen molar-refractivity contribution in [3.8, 4) is 0 Å². The Hall–Kier alpha value is -1.18. The van der Waals surface area contributed by atoms with E-state index in [4.69, 9.17) is 9.47 Å². The highest BCUT2D eigenvalue weighted by Crippen LogP contribution is 2.18. The lowest BCUT2D eigenvalue weighted by atomic mass is 10.0. The molecule has 0 amide bonds. The molecule has 314 valence electrons. The van der Waals surface area contributed by atoms with Crippen molar-refractivity contribution in [3.05, 3.63) is 0 Å². The molecule has 53 heavy (non-hydrogen) atoms. The largest absolute Gasteiger partial charge is 0.466 e. The van der Waals surface area contributed by atoms with Crippen LogP contribution >= 0.6 is 0 Å². The summed E-state index contributed by atoms with van der Waals surface area (Å²) in [4.78, 5) is 30.2. The Kier molecular flexibility index (Phi) is 36.7. The van der Waals surface area contributed by atoms with Crippen LogP contribution < -0.4 is 5.32 Å². The summed E-state index contributed by atoms with van der Waals surface area (Å²) in [5.41, 5.74) is 0. The summed E-state index contributed by atoms with van der Waals surface area (Å²) in [6, 6.07) is 0. The van der Waals surface area contributed by atoms with Gasteiger partial charge in [0, 0.05) is 52.1 Å². The number of hydrogen-bond donors (Lipinski definition) is 1. The lowest BCUT2D eigenvalue weighted by Crippen LogP contribution is -2.46. The van der Waals surface area contributed by atoms with E-state index in [1.807, 2.05) is 0 Å². The maximum Gasteiger partial charge on any atom is 0.306 e. The first-order chi connectivity index (χ1) is 26.1. The van der Waals surface area contributed by atoms with Gasteiger partial charge in [-0.1, -0.05) is 149 Å². The van der Waals surface area contributed by atoms with E-state index >= 15 is 0 Å². The third kappa shape index (κ3) is 33.8. The van der Waals surface area contributed by atoms with Crippen LogP contribution in [0.2, 0.25) is 0 Å². The first-order valence-corrected chi connectivity index (χ1v) is 23.6. The lowest BCUT2D eigenvalue weighted by Gasteiger charge is -2.30. The molecule has 7 heteroatoms. The van der Waals surface area contributed by atoms with Gasteiger partial charge in [-0.25, -0.2) is 0 Å². The molecule has 1 heterocycles. The van der Waals surface area contributed by atoms with Crippen LogP contribution in [0, 0.1) is 0 Å². The molecule has 0 radical (unpaired) electrons. The Labute approximate surface area is 330 Å². The molecular weight excluding hydrogens is 659 g/mol. The first kappa shape index (κ1) is 49.8. The van der Waals surface area contributed by atoms with E-state index in [-0.39, 0.29) is 18.0 Å². The Bertz CT molecular complexity index is 791. The fourth-order valence-electron chi connectivity index (χ4n) is 7.60. The van der Waals surface area contributed by atoms with E-state index in [1.54, 1.807) is 0 Å². The molecule has 1 aliphatic heterocycles. The highest BCUT2D eigenvalue weighted by molar-refractivity contribution is 5.69. The Balaban J connectivity index is 2.23. The minimum Gasteiger partial charge on any atom is -0.466 e. The van der Waals surface area contributed by atoms with Gasteiger partial charge in [-0.3, -0.25) is 14.5 Å². The zero-order valence-electron chi connectivity index (χ0n) is 35.9. The number of rotatable bonds is 40. The molecule has 1 atom stereocenters. The van der Waals surface area contributed by atoms with Crippen LogP contribution in [-0.2, 0) is 19.1 Å². The molecule has 1 fully saturated rings. The highest BCUT2D eigenvalue weighted by atomic mass is 16.5. The van der Waals surface area contributed by atoms with Gasteiger partial charge in [0.1, 0.15) is 6.10 Å². The second-order valence-corrected chi connectivity index (χ2v) is 16.3. The predicted octanol–water partition coefficient (Wildman–Crippen LogP) is 11.8. The normalized spacial score (nSPS) is 14.2. The van der Waals surface area contributed by atoms with Gasteiger partial charge in [0.2, 0.25) is 0 Å². The fraction of sp³-hybridized carbons (Fsp3) is 0.957. The Morgan fingerprint density at radius 2 is 0.962 bits per heavy atom. The average Bonchev–Trinajstić information content (AvgIpc) is 3.17. The SMILES string of the molecule is CCCCCCCCCCCOC(=O)CCCCCN(CCCCCCCC(=O)OC(CCCCCC)CCCCCCCC)CCN1CCNCC1. The number of hydrogen-bond acceptors (Lipinski definition) is 7. The molecule has 1 aliphatic rings. The Morgan fingerprint density at radius 3 is 1.53 bits per heavy atom. The van der Waals surface area contributed by atoms with E-state index in [1.165, 1.54) is 135 Å². The van der Waals surface area contributed by atoms with Crippen molar-refractivity contribution in [2.75, 3.05) is 59.0 Å². The summed E-state index contributed by atoms with van der Waals surface area (Å²) in [5, 5.41) is 3.47. The second kappa shape index (κ2) is 39.1. The van der Waals surface area contributed by atoms with Gasteiger partial charge >= 0.3 is 11.9 Å². The zero-order chi connectivity index (χ0) is 38.3. The second-order valence-electron chi connectivity index (χ2n) is 16.3. The van der Waals surface area contributed by atoms with Gasteiger partial charge in [0.05, 0.1) is 6.61 Å². The molecule has 0 aromatic rings. The number of nitrogens with zero attached hydrogens (tertiary/aromatic N) is 2. The van der Waals surface area contributed by atoms with Crippen molar-refractivity contribution in [2.24, 2.45) is 0 Å². The van der Waals surface area contributed by atoms with Crippen molar-refractivity contribution in [1.82, 2.24) is 15.1 Å². The predicted molar refractivity (Wildman–Crippen MR) is 227 cm³/mol. The summed E-state index contributed by atoms with van der Waals surface area (Å²) in [7, 11) is 0. The van der Waals surface area contributed by atoms with Gasteiger partial charge < -0.3 is 19.7 Å². The van der Waals surface area contributed by atoms with E-state index in [0.29, 0.717) is 19.4 Å². The standard InChI is InChI=1S/C46H91N3O4/c1-4-7-10-13-15-16-17-22-30-43-52-45(50)33-27-23-29-38-48(41-42-49-39-35-47-36-40-49)37-28-21-18-20-26-34-46(51)53-44(31-24-12-9-6-3)32-25-19-14-11-8-5-2/h44,47H,4-43H2,1-3H3. The van der Waals surface area contributed by atoms with E-state index < -0.39 is 0 Å². The van der Waals surface area contributed by atoms with Gasteiger partial charge in [0.25, 0.3) is 0 Å². The van der Waals surface area contributed by atoms with Gasteiger partial charge in [-0.05, 0) is 70.9 Å². The first-order valence-electron chi connectivity index (χ1n) is 23.6. The molecule has 0 aliphatic carbocycles. The average molecular weight is 750 g/mol. The molecule has 1 saturated heterocycles. The van der Waals surface area contributed by atoms with Crippen LogP contribution in [0.3, 0.4) is 0 Å². The van der Waals surface area contributed by atoms with Crippen LogP contribution in [0.25, 0.3) is 0 Å². The molecule has 7 nitrogen and oxygen atoms in total. The number of ether oxygens (including phenoxy) is 2. The van der Waals surface area contributed by atoms with Crippen LogP contribution in [0.1, 0.15) is 220 Å². The van der Waals surface area contributed by atoms with Crippen molar-refractivity contribution < 1.29 is 19.1 Å². The van der Waals surface area contributed by atoms with Crippen LogP contribution in [0.5, 0.6) is 0 Å². The number of piperazine rings is 1. The zero-order valence-corrected chi connectivity index (χ0v) is 35.9. The quantitative estimate of drug-likeness (QED) is 0.0494. The smallest absolute Gasteiger partial charge is 0.306 e. The van der Waals surface area contributed by atoms with Crippen molar-refractivity contribution >= 4 is 11.9 Å². The summed E-state index contributed by atoms with van der Waals surface area (Å²) in [6.45, 7) is 16.4. The van der Waals surface area contributed by atoms with E-state index in [9.17, 15) is 9.59 Å². The van der Waals surface area contributed by atoms with Gasteiger partial charge in [0.15, 0.2) is 0 Å². The molecule has 1 unspecified atom stereocenters. The molecule has 1 rings (SSSR count). The van der Waals surface area contributed by atoms with Crippen LogP contribution in [0.15, 0.2) is 0 Å². The molecule has 1 N–H and O–H groups in total. The summed E-state index contributed by atoms with van der Waals surface area (Å²) >= 11 is 0. The van der Waals surface area contributed by atoms with Crippen molar-refractivity contribution in [1.29, 1.82) is 0 Å². The highest BCUT2D eigenvalue weighted by Gasteiger charge is 2.15. The Morgan fingerprint density at radius 1 is 0.528 bits per heavy atom. The summed E-state index contributed by atoms with van der Waals surface area (Å²) in [6.07, 6.45) is 36.5. The third-order valence-corrected chi connectivity index (χ3v) is 11.2. The van der Waals surface area contributed by atoms with E-state index in [0.717, 1.165) is 104 Å². The monoisotopic (exact) mass is 750 g/mol. The molecular formula is C46H91N3O4. The third-order valence-electron chi connectivity index (χ3n) is 11.2. The van der Waals surface area contributed by atoms with Crippen molar-refractivity contribution in [2.45, 2.75) is 226 Å². The van der Waals surface area contributed by atoms with E-state index in [2.05, 4.69) is 35.9 Å². The molecule has 0 bridgehead atoms. The minimum atomic E-state index is -0.0104. The molecule has 0 aromatic carbocycles. The lowest BCUT2D eigenvalue weighted by molar-refractivity contribution is -0.150. The number of unbranched alkanes of at least 4 members (excludes halogenated alkanes) is 22.